The molecule has 0 saturated carbocycles. The molecule has 0 radical (unpaired) electrons. The molecule has 4 heteroatoms. The van der Waals surface area contributed by atoms with Gasteiger partial charge in [0.2, 0.25) is 5.91 Å². The Morgan fingerprint density at radius 2 is 2.13 bits per heavy atom. The van der Waals surface area contributed by atoms with Gasteiger partial charge in [-0.3, -0.25) is 9.80 Å². The van der Waals surface area contributed by atoms with Gasteiger partial charge >= 0.3 is 0 Å². The van der Waals surface area contributed by atoms with Crippen molar-refractivity contribution in [3.63, 3.8) is 0 Å². The minimum atomic E-state index is -0.412. The highest BCUT2D eigenvalue weighted by Gasteiger charge is 2.29. The van der Waals surface area contributed by atoms with Crippen molar-refractivity contribution >= 4 is 5.91 Å². The van der Waals surface area contributed by atoms with E-state index in [-0.39, 0.29) is 11.7 Å². The van der Waals surface area contributed by atoms with Crippen molar-refractivity contribution in [2.45, 2.75) is 18.8 Å². The molecule has 2 N–H and O–H groups in total. The number of piperidine rings is 1. The van der Waals surface area contributed by atoms with E-state index >= 15 is 0 Å². The summed E-state index contributed by atoms with van der Waals surface area (Å²) in [5.41, 5.74) is 0.456. The van der Waals surface area contributed by atoms with Crippen molar-refractivity contribution in [2.24, 2.45) is 5.84 Å². The average molecular weight is 208 g/mol. The lowest BCUT2D eigenvalue weighted by Gasteiger charge is -2.28. The van der Waals surface area contributed by atoms with Crippen LogP contribution in [0.4, 0.5) is 4.39 Å². The maximum absolute atomic E-state index is 13.5. The minimum Gasteiger partial charge on any atom is -0.280 e. The van der Waals surface area contributed by atoms with Gasteiger partial charge in [0.1, 0.15) is 5.82 Å². The van der Waals surface area contributed by atoms with Gasteiger partial charge < -0.3 is 0 Å². The Morgan fingerprint density at radius 3 is 2.87 bits per heavy atom. The summed E-state index contributed by atoms with van der Waals surface area (Å²) in [6, 6.07) is 6.38. The van der Waals surface area contributed by atoms with E-state index in [1.54, 1.807) is 18.2 Å². The predicted octanol–water partition coefficient (Wildman–Crippen LogP) is 1.41. The summed E-state index contributed by atoms with van der Waals surface area (Å²) in [7, 11) is 0. The second kappa shape index (κ2) is 3.98. The Hall–Kier alpha value is -1.42. The van der Waals surface area contributed by atoms with E-state index in [2.05, 4.69) is 0 Å². The molecule has 1 unspecified atom stereocenters. The molecule has 1 saturated heterocycles. The van der Waals surface area contributed by atoms with Crippen LogP contribution in [0.1, 0.15) is 24.3 Å². The number of halogens is 1. The molecule has 1 aromatic carbocycles. The second-order valence-corrected chi connectivity index (χ2v) is 3.75. The van der Waals surface area contributed by atoms with Crippen LogP contribution in [0, 0.1) is 5.82 Å². The molecule has 0 spiro atoms. The van der Waals surface area contributed by atoms with Gasteiger partial charge in [0.25, 0.3) is 0 Å². The third-order valence-electron chi connectivity index (χ3n) is 2.75. The zero-order valence-electron chi connectivity index (χ0n) is 8.32. The Labute approximate surface area is 87.6 Å². The van der Waals surface area contributed by atoms with Gasteiger partial charge in [-0.25, -0.2) is 10.2 Å². The van der Waals surface area contributed by atoms with E-state index in [4.69, 9.17) is 5.84 Å². The first-order valence-corrected chi connectivity index (χ1v) is 5.00. The van der Waals surface area contributed by atoms with Crippen molar-refractivity contribution < 1.29 is 9.18 Å². The zero-order chi connectivity index (χ0) is 10.8. The number of carbonyl (C=O) groups is 1. The summed E-state index contributed by atoms with van der Waals surface area (Å²) in [6.45, 7) is 0.559. The predicted molar refractivity (Wildman–Crippen MR) is 54.3 cm³/mol. The van der Waals surface area contributed by atoms with E-state index < -0.39 is 5.92 Å². The lowest BCUT2D eigenvalue weighted by Crippen LogP contribution is -2.44. The van der Waals surface area contributed by atoms with Gasteiger partial charge in [-0.05, 0) is 18.9 Å². The van der Waals surface area contributed by atoms with Crippen LogP contribution in [0.3, 0.4) is 0 Å². The number of nitrogens with zero attached hydrogens (tertiary/aromatic N) is 1. The molecule has 2 rings (SSSR count). The highest BCUT2D eigenvalue weighted by Crippen LogP contribution is 2.28. The molecule has 1 aliphatic rings. The Morgan fingerprint density at radius 1 is 1.40 bits per heavy atom. The van der Waals surface area contributed by atoms with E-state index in [1.807, 2.05) is 0 Å². The molecule has 80 valence electrons. The number of hydrogen-bond acceptors (Lipinski definition) is 2. The average Bonchev–Trinajstić information content (AvgIpc) is 2.23. The maximum Gasteiger partial charge on any atom is 0.244 e. The first-order valence-electron chi connectivity index (χ1n) is 5.00. The number of amides is 1. The molecule has 0 aliphatic carbocycles. The van der Waals surface area contributed by atoms with Crippen LogP contribution < -0.4 is 5.84 Å². The van der Waals surface area contributed by atoms with Crippen molar-refractivity contribution in [3.8, 4) is 0 Å². The van der Waals surface area contributed by atoms with Crippen LogP contribution in [-0.2, 0) is 4.79 Å². The lowest BCUT2D eigenvalue weighted by atomic mass is 9.90. The highest BCUT2D eigenvalue weighted by atomic mass is 19.1. The van der Waals surface area contributed by atoms with Crippen LogP contribution in [0.2, 0.25) is 0 Å². The van der Waals surface area contributed by atoms with Gasteiger partial charge in [-0.15, -0.1) is 0 Å². The molecular weight excluding hydrogens is 195 g/mol. The first kappa shape index (κ1) is 10.1. The second-order valence-electron chi connectivity index (χ2n) is 3.75. The number of carbonyl (C=O) groups excluding carboxylic acids is 1. The zero-order valence-corrected chi connectivity index (χ0v) is 8.32. The standard InChI is InChI=1S/C11H13FN2O/c12-10-6-2-1-4-8(10)9-5-3-7-14(13)11(9)15/h1-2,4,6,9H,3,5,7,13H2. The molecular formula is C11H13FN2O. The molecule has 15 heavy (non-hydrogen) atoms. The number of rotatable bonds is 1. The van der Waals surface area contributed by atoms with Crippen LogP contribution in [-0.4, -0.2) is 17.5 Å². The molecule has 0 bridgehead atoms. The largest absolute Gasteiger partial charge is 0.280 e. The van der Waals surface area contributed by atoms with E-state index in [0.29, 0.717) is 18.5 Å². The normalized spacial score (nSPS) is 21.9. The summed E-state index contributed by atoms with van der Waals surface area (Å²) in [4.78, 5) is 11.7. The van der Waals surface area contributed by atoms with Crippen molar-refractivity contribution in [1.82, 2.24) is 5.01 Å². The van der Waals surface area contributed by atoms with Gasteiger partial charge in [-0.1, -0.05) is 18.2 Å². The fourth-order valence-electron chi connectivity index (χ4n) is 1.95. The number of benzene rings is 1. The van der Waals surface area contributed by atoms with Gasteiger partial charge in [0, 0.05) is 12.1 Å². The Balaban J connectivity index is 2.30. The van der Waals surface area contributed by atoms with Crippen molar-refractivity contribution in [2.75, 3.05) is 6.54 Å². The van der Waals surface area contributed by atoms with Crippen LogP contribution in [0.25, 0.3) is 0 Å². The van der Waals surface area contributed by atoms with Crippen LogP contribution >= 0.6 is 0 Å². The fraction of sp³-hybridized carbons (Fsp3) is 0.364. The lowest BCUT2D eigenvalue weighted by molar-refractivity contribution is -0.135. The summed E-state index contributed by atoms with van der Waals surface area (Å²) in [5, 5.41) is 1.18. The summed E-state index contributed by atoms with van der Waals surface area (Å²) in [5.74, 6) is 4.59. The third kappa shape index (κ3) is 1.85. The molecule has 1 fully saturated rings. The monoisotopic (exact) mass is 208 g/mol. The Bertz CT molecular complexity index is 381. The van der Waals surface area contributed by atoms with Gasteiger partial charge in [-0.2, -0.15) is 0 Å². The SMILES string of the molecule is NN1CCCC(c2ccccc2F)C1=O. The molecule has 1 heterocycles. The Kier molecular flexibility index (Phi) is 2.68. The molecule has 1 aliphatic heterocycles. The smallest absolute Gasteiger partial charge is 0.244 e. The van der Waals surface area contributed by atoms with Crippen molar-refractivity contribution in [1.29, 1.82) is 0 Å². The highest BCUT2D eigenvalue weighted by molar-refractivity contribution is 5.83. The molecule has 3 nitrogen and oxygen atoms in total. The van der Waals surface area contributed by atoms with Gasteiger partial charge in [0.05, 0.1) is 5.92 Å². The quantitative estimate of drug-likeness (QED) is 0.560. The maximum atomic E-state index is 13.5. The number of hydrazine groups is 1. The molecule has 1 aromatic rings. The molecule has 1 atom stereocenters. The van der Waals surface area contributed by atoms with E-state index in [1.165, 1.54) is 11.1 Å². The molecule has 0 aromatic heterocycles. The van der Waals surface area contributed by atoms with Crippen LogP contribution in [0.5, 0.6) is 0 Å². The van der Waals surface area contributed by atoms with E-state index in [0.717, 1.165) is 6.42 Å². The number of nitrogens with two attached hydrogens (primary N) is 1. The number of hydrogen-bond donors (Lipinski definition) is 1. The summed E-state index contributed by atoms with van der Waals surface area (Å²) >= 11 is 0. The summed E-state index contributed by atoms with van der Waals surface area (Å²) < 4.78 is 13.5. The molecule has 1 amide bonds. The van der Waals surface area contributed by atoms with Crippen LogP contribution in [0.15, 0.2) is 24.3 Å². The first-order chi connectivity index (χ1) is 7.20. The van der Waals surface area contributed by atoms with Crippen molar-refractivity contribution in [3.05, 3.63) is 35.6 Å². The van der Waals surface area contributed by atoms with E-state index in [9.17, 15) is 9.18 Å². The minimum absolute atomic E-state index is 0.189. The fourth-order valence-corrected chi connectivity index (χ4v) is 1.95. The van der Waals surface area contributed by atoms with Gasteiger partial charge in [0.15, 0.2) is 0 Å². The topological polar surface area (TPSA) is 46.3 Å². The summed E-state index contributed by atoms with van der Waals surface area (Å²) in [6.07, 6.45) is 1.49. The third-order valence-corrected chi connectivity index (χ3v) is 2.75.